The maximum absolute atomic E-state index is 11.6. The lowest BCUT2D eigenvalue weighted by molar-refractivity contribution is 0.0939. The minimum absolute atomic E-state index is 0.00352. The SMILES string of the molecule is O=C(NC1CCCC1Cl)c1ccsc1. The van der Waals surface area contributed by atoms with E-state index in [4.69, 9.17) is 11.6 Å². The Kier molecular flexibility index (Phi) is 3.08. The molecule has 2 rings (SSSR count). The lowest BCUT2D eigenvalue weighted by atomic mass is 10.2. The van der Waals surface area contributed by atoms with Gasteiger partial charge in [0.2, 0.25) is 0 Å². The summed E-state index contributed by atoms with van der Waals surface area (Å²) in [6.45, 7) is 0. The van der Waals surface area contributed by atoms with E-state index in [0.717, 1.165) is 24.8 Å². The Balaban J connectivity index is 1.95. The van der Waals surface area contributed by atoms with Crippen LogP contribution in [0, 0.1) is 0 Å². The average Bonchev–Trinajstić information content (AvgIpc) is 2.77. The highest BCUT2D eigenvalue weighted by molar-refractivity contribution is 7.08. The quantitative estimate of drug-likeness (QED) is 0.777. The maximum Gasteiger partial charge on any atom is 0.252 e. The largest absolute Gasteiger partial charge is 0.348 e. The summed E-state index contributed by atoms with van der Waals surface area (Å²) in [5, 5.41) is 6.83. The first-order valence-corrected chi connectivity index (χ1v) is 6.12. The lowest BCUT2D eigenvalue weighted by Crippen LogP contribution is -2.37. The van der Waals surface area contributed by atoms with Gasteiger partial charge in [0, 0.05) is 17.0 Å². The summed E-state index contributed by atoms with van der Waals surface area (Å²) >= 11 is 7.60. The number of amides is 1. The number of halogens is 1. The molecule has 1 aliphatic rings. The molecule has 14 heavy (non-hydrogen) atoms. The molecule has 1 heterocycles. The normalized spacial score (nSPS) is 26.4. The molecule has 2 unspecified atom stereocenters. The molecule has 1 fully saturated rings. The molecule has 1 aromatic heterocycles. The van der Waals surface area contributed by atoms with Gasteiger partial charge in [0.25, 0.3) is 5.91 Å². The van der Waals surface area contributed by atoms with Gasteiger partial charge in [0.15, 0.2) is 0 Å². The van der Waals surface area contributed by atoms with Crippen LogP contribution in [0.25, 0.3) is 0 Å². The third kappa shape index (κ3) is 2.10. The molecule has 1 aromatic rings. The highest BCUT2D eigenvalue weighted by Gasteiger charge is 2.26. The average molecular weight is 230 g/mol. The van der Waals surface area contributed by atoms with Gasteiger partial charge in [-0.05, 0) is 30.7 Å². The fourth-order valence-corrected chi connectivity index (χ4v) is 2.70. The molecular formula is C10H12ClNOS. The Morgan fingerprint density at radius 1 is 1.57 bits per heavy atom. The number of hydrogen-bond donors (Lipinski definition) is 1. The number of hydrogen-bond acceptors (Lipinski definition) is 2. The van der Waals surface area contributed by atoms with Crippen LogP contribution >= 0.6 is 22.9 Å². The van der Waals surface area contributed by atoms with Gasteiger partial charge < -0.3 is 5.32 Å². The van der Waals surface area contributed by atoms with E-state index in [1.165, 1.54) is 11.3 Å². The topological polar surface area (TPSA) is 29.1 Å². The maximum atomic E-state index is 11.6. The summed E-state index contributed by atoms with van der Waals surface area (Å²) < 4.78 is 0. The van der Waals surface area contributed by atoms with Crippen molar-refractivity contribution in [2.45, 2.75) is 30.7 Å². The molecule has 1 N–H and O–H groups in total. The number of carbonyl (C=O) groups excluding carboxylic acids is 1. The zero-order valence-electron chi connectivity index (χ0n) is 7.70. The van der Waals surface area contributed by atoms with Crippen LogP contribution in [0.5, 0.6) is 0 Å². The summed E-state index contributed by atoms with van der Waals surface area (Å²) in [7, 11) is 0. The predicted octanol–water partition coefficient (Wildman–Crippen LogP) is 2.64. The van der Waals surface area contributed by atoms with E-state index >= 15 is 0 Å². The van der Waals surface area contributed by atoms with Crippen molar-refractivity contribution in [3.05, 3.63) is 22.4 Å². The van der Waals surface area contributed by atoms with Crippen molar-refractivity contribution in [3.8, 4) is 0 Å². The second-order valence-electron chi connectivity index (χ2n) is 3.54. The number of thiophene rings is 1. The summed E-state index contributed by atoms with van der Waals surface area (Å²) in [6, 6.07) is 1.99. The van der Waals surface area contributed by atoms with Crippen LogP contribution in [0.4, 0.5) is 0 Å². The smallest absolute Gasteiger partial charge is 0.252 e. The first-order chi connectivity index (χ1) is 6.77. The van der Waals surface area contributed by atoms with Gasteiger partial charge in [-0.3, -0.25) is 4.79 Å². The van der Waals surface area contributed by atoms with Gasteiger partial charge in [0.05, 0.1) is 5.38 Å². The van der Waals surface area contributed by atoms with E-state index in [0.29, 0.717) is 0 Å². The summed E-state index contributed by atoms with van der Waals surface area (Å²) in [4.78, 5) is 11.6. The number of rotatable bonds is 2. The molecule has 0 bridgehead atoms. The zero-order chi connectivity index (χ0) is 9.97. The molecule has 0 radical (unpaired) electrons. The van der Waals surface area contributed by atoms with Gasteiger partial charge in [0.1, 0.15) is 0 Å². The second kappa shape index (κ2) is 4.32. The number of alkyl halides is 1. The van der Waals surface area contributed by atoms with Crippen molar-refractivity contribution >= 4 is 28.8 Å². The number of carbonyl (C=O) groups is 1. The Morgan fingerprint density at radius 2 is 2.43 bits per heavy atom. The first-order valence-electron chi connectivity index (χ1n) is 4.74. The highest BCUT2D eigenvalue weighted by Crippen LogP contribution is 2.24. The van der Waals surface area contributed by atoms with E-state index in [1.54, 1.807) is 0 Å². The molecule has 4 heteroatoms. The van der Waals surface area contributed by atoms with E-state index in [-0.39, 0.29) is 17.3 Å². The van der Waals surface area contributed by atoms with Gasteiger partial charge >= 0.3 is 0 Å². The third-order valence-corrected chi connectivity index (χ3v) is 3.74. The lowest BCUT2D eigenvalue weighted by Gasteiger charge is -2.14. The van der Waals surface area contributed by atoms with Crippen molar-refractivity contribution in [2.24, 2.45) is 0 Å². The van der Waals surface area contributed by atoms with Crippen LogP contribution in [0.1, 0.15) is 29.6 Å². The first kappa shape index (κ1) is 9.99. The van der Waals surface area contributed by atoms with Crippen molar-refractivity contribution in [3.63, 3.8) is 0 Å². The molecule has 0 saturated heterocycles. The van der Waals surface area contributed by atoms with E-state index in [1.807, 2.05) is 16.8 Å². The fraction of sp³-hybridized carbons (Fsp3) is 0.500. The highest BCUT2D eigenvalue weighted by atomic mass is 35.5. The number of nitrogens with one attached hydrogen (secondary N) is 1. The minimum Gasteiger partial charge on any atom is -0.348 e. The van der Waals surface area contributed by atoms with Crippen molar-refractivity contribution < 1.29 is 4.79 Å². The molecule has 1 saturated carbocycles. The van der Waals surface area contributed by atoms with E-state index in [2.05, 4.69) is 5.32 Å². The third-order valence-electron chi connectivity index (χ3n) is 2.53. The zero-order valence-corrected chi connectivity index (χ0v) is 9.27. The Morgan fingerprint density at radius 3 is 3.00 bits per heavy atom. The minimum atomic E-state index is 0.00352. The standard InChI is InChI=1S/C10H12ClNOS/c11-8-2-1-3-9(8)12-10(13)7-4-5-14-6-7/h4-6,8-9H,1-3H2,(H,12,13). The molecule has 76 valence electrons. The van der Waals surface area contributed by atoms with Gasteiger partial charge in [-0.2, -0.15) is 11.3 Å². The summed E-state index contributed by atoms with van der Waals surface area (Å²) in [5.74, 6) is 0.00352. The Hall–Kier alpha value is -0.540. The van der Waals surface area contributed by atoms with Crippen LogP contribution in [0.3, 0.4) is 0 Å². The van der Waals surface area contributed by atoms with Crippen LogP contribution in [-0.2, 0) is 0 Å². The monoisotopic (exact) mass is 229 g/mol. The molecule has 2 nitrogen and oxygen atoms in total. The van der Waals surface area contributed by atoms with E-state index < -0.39 is 0 Å². The van der Waals surface area contributed by atoms with E-state index in [9.17, 15) is 4.79 Å². The van der Waals surface area contributed by atoms with Gasteiger partial charge in [-0.1, -0.05) is 0 Å². The predicted molar refractivity (Wildman–Crippen MR) is 59.1 cm³/mol. The molecule has 1 amide bonds. The Bertz CT molecular complexity index is 312. The van der Waals surface area contributed by atoms with Crippen LogP contribution < -0.4 is 5.32 Å². The van der Waals surface area contributed by atoms with Crippen LogP contribution in [0.15, 0.2) is 16.8 Å². The van der Waals surface area contributed by atoms with Gasteiger partial charge in [-0.25, -0.2) is 0 Å². The Labute approximate surface area is 92.3 Å². The molecule has 0 aliphatic heterocycles. The summed E-state index contributed by atoms with van der Waals surface area (Å²) in [5.41, 5.74) is 0.741. The molecule has 0 aromatic carbocycles. The van der Waals surface area contributed by atoms with Crippen molar-refractivity contribution in [2.75, 3.05) is 0 Å². The second-order valence-corrected chi connectivity index (χ2v) is 4.88. The molecule has 1 aliphatic carbocycles. The van der Waals surface area contributed by atoms with Gasteiger partial charge in [-0.15, -0.1) is 11.6 Å². The van der Waals surface area contributed by atoms with Crippen molar-refractivity contribution in [1.82, 2.24) is 5.32 Å². The molecule has 0 spiro atoms. The van der Waals surface area contributed by atoms with Crippen molar-refractivity contribution in [1.29, 1.82) is 0 Å². The fourth-order valence-electron chi connectivity index (χ4n) is 1.72. The van der Waals surface area contributed by atoms with Crippen LogP contribution in [0.2, 0.25) is 0 Å². The van der Waals surface area contributed by atoms with Crippen LogP contribution in [-0.4, -0.2) is 17.3 Å². The molecular weight excluding hydrogens is 218 g/mol. The summed E-state index contributed by atoms with van der Waals surface area (Å²) in [6.07, 6.45) is 3.13. The molecule has 2 atom stereocenters.